The zero-order valence-corrected chi connectivity index (χ0v) is 17.9. The highest BCUT2D eigenvalue weighted by Gasteiger charge is 2.33. The Morgan fingerprint density at radius 2 is 1.87 bits per heavy atom. The number of aromatic nitrogens is 1. The van der Waals surface area contributed by atoms with Gasteiger partial charge in [0.15, 0.2) is 0 Å². The van der Waals surface area contributed by atoms with Crippen molar-refractivity contribution in [3.05, 3.63) is 54.1 Å². The Labute approximate surface area is 181 Å². The SMILES string of the molecule is O=C1C(Cc2ccc(Oc3nc4ccccc4s3)cc2)CCCN1C1CCNCC1. The number of amides is 1. The van der Waals surface area contributed by atoms with Gasteiger partial charge in [0, 0.05) is 18.5 Å². The number of hydrogen-bond acceptors (Lipinski definition) is 5. The molecule has 0 bridgehead atoms. The molecule has 5 nitrogen and oxygen atoms in total. The zero-order valence-electron chi connectivity index (χ0n) is 17.0. The van der Waals surface area contributed by atoms with Gasteiger partial charge in [0.2, 0.25) is 5.91 Å². The molecule has 3 aromatic rings. The number of ether oxygens (including phenoxy) is 1. The van der Waals surface area contributed by atoms with E-state index in [0.717, 1.165) is 67.7 Å². The molecular formula is C24H27N3O2S. The fourth-order valence-corrected chi connectivity index (χ4v) is 5.45. The highest BCUT2D eigenvalue weighted by atomic mass is 32.1. The molecule has 1 N–H and O–H groups in total. The van der Waals surface area contributed by atoms with Crippen LogP contribution in [0.3, 0.4) is 0 Å². The van der Waals surface area contributed by atoms with Gasteiger partial charge in [-0.3, -0.25) is 4.79 Å². The predicted octanol–water partition coefficient (Wildman–Crippen LogP) is 4.62. The van der Waals surface area contributed by atoms with Crippen molar-refractivity contribution in [2.75, 3.05) is 19.6 Å². The van der Waals surface area contributed by atoms with E-state index in [0.29, 0.717) is 17.1 Å². The molecule has 2 aliphatic heterocycles. The normalized spacial score (nSPS) is 20.6. The Morgan fingerprint density at radius 3 is 2.67 bits per heavy atom. The molecule has 2 fully saturated rings. The number of carbonyl (C=O) groups is 1. The number of hydrogen-bond donors (Lipinski definition) is 1. The van der Waals surface area contributed by atoms with Crippen molar-refractivity contribution in [3.8, 4) is 10.9 Å². The van der Waals surface area contributed by atoms with Gasteiger partial charge < -0.3 is 15.0 Å². The molecule has 3 heterocycles. The molecule has 0 saturated carbocycles. The second-order valence-corrected chi connectivity index (χ2v) is 9.24. The lowest BCUT2D eigenvalue weighted by Crippen LogP contribution is -2.51. The van der Waals surface area contributed by atoms with E-state index in [1.165, 1.54) is 5.56 Å². The summed E-state index contributed by atoms with van der Waals surface area (Å²) in [6.07, 6.45) is 5.07. The predicted molar refractivity (Wildman–Crippen MR) is 120 cm³/mol. The first kappa shape index (κ1) is 19.5. The molecule has 30 heavy (non-hydrogen) atoms. The van der Waals surface area contributed by atoms with Crippen LogP contribution in [0, 0.1) is 5.92 Å². The lowest BCUT2D eigenvalue weighted by Gasteiger charge is -2.40. The van der Waals surface area contributed by atoms with Crippen LogP contribution in [0.1, 0.15) is 31.2 Å². The molecule has 1 amide bonds. The Kier molecular flexibility index (Phi) is 5.69. The average Bonchev–Trinajstić information content (AvgIpc) is 3.19. The molecule has 0 spiro atoms. The third-order valence-corrected chi connectivity index (χ3v) is 7.13. The Hall–Kier alpha value is -2.44. The zero-order chi connectivity index (χ0) is 20.3. The maximum absolute atomic E-state index is 13.1. The Balaban J connectivity index is 1.22. The number of benzene rings is 2. The summed E-state index contributed by atoms with van der Waals surface area (Å²) in [6.45, 7) is 2.97. The van der Waals surface area contributed by atoms with E-state index in [2.05, 4.69) is 33.4 Å². The number of fused-ring (bicyclic) bond motifs is 1. The van der Waals surface area contributed by atoms with Crippen LogP contribution >= 0.6 is 11.3 Å². The lowest BCUT2D eigenvalue weighted by molar-refractivity contribution is -0.141. The first-order chi connectivity index (χ1) is 14.8. The van der Waals surface area contributed by atoms with Crippen LogP contribution in [-0.2, 0) is 11.2 Å². The summed E-state index contributed by atoms with van der Waals surface area (Å²) in [5, 5.41) is 4.05. The van der Waals surface area contributed by atoms with Crippen LogP contribution in [0.4, 0.5) is 0 Å². The van der Waals surface area contributed by atoms with Gasteiger partial charge in [-0.1, -0.05) is 35.6 Å². The van der Waals surface area contributed by atoms with Crippen molar-refractivity contribution in [2.45, 2.75) is 38.1 Å². The summed E-state index contributed by atoms with van der Waals surface area (Å²) in [5.74, 6) is 1.23. The van der Waals surface area contributed by atoms with Crippen LogP contribution in [0.5, 0.6) is 10.9 Å². The maximum Gasteiger partial charge on any atom is 0.279 e. The molecule has 6 heteroatoms. The second kappa shape index (κ2) is 8.74. The third-order valence-electron chi connectivity index (χ3n) is 6.22. The molecule has 2 saturated heterocycles. The summed E-state index contributed by atoms with van der Waals surface area (Å²) < 4.78 is 7.08. The topological polar surface area (TPSA) is 54.5 Å². The molecule has 1 atom stereocenters. The van der Waals surface area contributed by atoms with Crippen LogP contribution in [0.2, 0.25) is 0 Å². The van der Waals surface area contributed by atoms with Gasteiger partial charge in [-0.25, -0.2) is 4.98 Å². The largest absolute Gasteiger partial charge is 0.431 e. The van der Waals surface area contributed by atoms with Crippen molar-refractivity contribution in [1.82, 2.24) is 15.2 Å². The number of para-hydroxylation sites is 1. The minimum absolute atomic E-state index is 0.102. The van der Waals surface area contributed by atoms with Crippen LogP contribution < -0.4 is 10.1 Å². The summed E-state index contributed by atoms with van der Waals surface area (Å²) in [4.78, 5) is 19.8. The summed E-state index contributed by atoms with van der Waals surface area (Å²) in [5.41, 5.74) is 2.15. The van der Waals surface area contributed by atoms with Crippen LogP contribution in [0.25, 0.3) is 10.2 Å². The highest BCUT2D eigenvalue weighted by Crippen LogP contribution is 2.32. The van der Waals surface area contributed by atoms with E-state index in [1.54, 1.807) is 11.3 Å². The third kappa shape index (κ3) is 4.20. The quantitative estimate of drug-likeness (QED) is 0.653. The minimum atomic E-state index is 0.102. The monoisotopic (exact) mass is 421 g/mol. The summed E-state index contributed by atoms with van der Waals surface area (Å²) >= 11 is 1.55. The summed E-state index contributed by atoms with van der Waals surface area (Å²) in [7, 11) is 0. The minimum Gasteiger partial charge on any atom is -0.431 e. The maximum atomic E-state index is 13.1. The van der Waals surface area contributed by atoms with Gasteiger partial charge >= 0.3 is 0 Å². The van der Waals surface area contributed by atoms with Crippen molar-refractivity contribution in [3.63, 3.8) is 0 Å². The lowest BCUT2D eigenvalue weighted by atomic mass is 9.88. The van der Waals surface area contributed by atoms with Crippen molar-refractivity contribution >= 4 is 27.5 Å². The van der Waals surface area contributed by atoms with Gasteiger partial charge in [0.1, 0.15) is 5.75 Å². The fourth-order valence-electron chi connectivity index (χ4n) is 4.62. The van der Waals surface area contributed by atoms with Crippen molar-refractivity contribution in [2.24, 2.45) is 5.92 Å². The molecule has 2 aromatic carbocycles. The first-order valence-corrected chi connectivity index (χ1v) is 11.7. The number of piperidine rings is 2. The average molecular weight is 422 g/mol. The molecule has 5 rings (SSSR count). The van der Waals surface area contributed by atoms with Gasteiger partial charge in [-0.05, 0) is 75.0 Å². The van der Waals surface area contributed by atoms with E-state index < -0.39 is 0 Å². The summed E-state index contributed by atoms with van der Waals surface area (Å²) in [6, 6.07) is 16.6. The molecule has 2 aliphatic rings. The number of thiazole rings is 1. The number of likely N-dealkylation sites (tertiary alicyclic amines) is 1. The van der Waals surface area contributed by atoms with Crippen molar-refractivity contribution in [1.29, 1.82) is 0 Å². The Morgan fingerprint density at radius 1 is 1.07 bits per heavy atom. The molecular weight excluding hydrogens is 394 g/mol. The molecule has 0 radical (unpaired) electrons. The standard InChI is InChI=1S/C24H27N3O2S/c28-23-18(4-3-15-27(23)19-11-13-25-14-12-19)16-17-7-9-20(10-8-17)29-24-26-21-5-1-2-6-22(21)30-24/h1-2,5-10,18-19,25H,3-4,11-16H2. The number of nitrogens with zero attached hydrogens (tertiary/aromatic N) is 2. The van der Waals surface area contributed by atoms with Crippen LogP contribution in [-0.4, -0.2) is 41.5 Å². The van der Waals surface area contributed by atoms with Gasteiger partial charge in [-0.2, -0.15) is 0 Å². The number of nitrogens with one attached hydrogen (secondary N) is 1. The van der Waals surface area contributed by atoms with E-state index in [4.69, 9.17) is 4.74 Å². The van der Waals surface area contributed by atoms with E-state index in [1.807, 2.05) is 30.3 Å². The van der Waals surface area contributed by atoms with E-state index in [-0.39, 0.29) is 5.92 Å². The Bertz CT molecular complexity index is 978. The van der Waals surface area contributed by atoms with E-state index >= 15 is 0 Å². The van der Waals surface area contributed by atoms with Gasteiger partial charge in [0.05, 0.1) is 10.2 Å². The second-order valence-electron chi connectivity index (χ2n) is 8.25. The molecule has 1 aromatic heterocycles. The molecule has 0 aliphatic carbocycles. The van der Waals surface area contributed by atoms with Crippen LogP contribution in [0.15, 0.2) is 48.5 Å². The first-order valence-electron chi connectivity index (χ1n) is 10.9. The number of carbonyl (C=O) groups excluding carboxylic acids is 1. The highest BCUT2D eigenvalue weighted by molar-refractivity contribution is 7.20. The molecule has 156 valence electrons. The number of rotatable bonds is 5. The van der Waals surface area contributed by atoms with Crippen molar-refractivity contribution < 1.29 is 9.53 Å². The van der Waals surface area contributed by atoms with Gasteiger partial charge in [0.25, 0.3) is 5.19 Å². The van der Waals surface area contributed by atoms with Gasteiger partial charge in [-0.15, -0.1) is 0 Å². The van der Waals surface area contributed by atoms with E-state index in [9.17, 15) is 4.79 Å². The molecule has 1 unspecified atom stereocenters. The smallest absolute Gasteiger partial charge is 0.279 e. The fraction of sp³-hybridized carbons (Fsp3) is 0.417.